The summed E-state index contributed by atoms with van der Waals surface area (Å²) in [4.78, 5) is 17.1. The maximum atomic E-state index is 12.2. The summed E-state index contributed by atoms with van der Waals surface area (Å²) in [6.07, 6.45) is 13.9. The molecule has 0 unspecified atom stereocenters. The van der Waals surface area contributed by atoms with Gasteiger partial charge < -0.3 is 5.11 Å². The maximum absolute atomic E-state index is 12.2. The number of nitrogens with zero attached hydrogens (tertiary/aromatic N) is 1. The van der Waals surface area contributed by atoms with Gasteiger partial charge >= 0.3 is 0 Å². The van der Waals surface area contributed by atoms with E-state index in [0.717, 1.165) is 73.6 Å². The first-order chi connectivity index (χ1) is 19.3. The van der Waals surface area contributed by atoms with Crippen molar-refractivity contribution in [2.45, 2.75) is 106 Å². The third kappa shape index (κ3) is 8.42. The van der Waals surface area contributed by atoms with E-state index in [2.05, 4.69) is 70.2 Å². The molecule has 1 N–H and O–H groups in total. The van der Waals surface area contributed by atoms with Crippen molar-refractivity contribution in [2.75, 3.05) is 0 Å². The molecule has 3 nitrogen and oxygen atoms in total. The normalized spacial score (nSPS) is 23.6. The summed E-state index contributed by atoms with van der Waals surface area (Å²) in [7, 11) is 0. The van der Waals surface area contributed by atoms with E-state index in [-0.39, 0.29) is 45.2 Å². The van der Waals surface area contributed by atoms with Crippen LogP contribution in [-0.2, 0) is 37.7 Å². The van der Waals surface area contributed by atoms with E-state index in [1.54, 1.807) is 6.08 Å². The molecule has 0 spiro atoms. The van der Waals surface area contributed by atoms with Crippen molar-refractivity contribution in [3.8, 4) is 11.3 Å². The maximum Gasteiger partial charge on any atom is 0.162 e. The largest absolute Gasteiger partial charge is 0.512 e. The number of allylic oxidation sites excluding steroid dienone is 2. The van der Waals surface area contributed by atoms with Crippen LogP contribution in [0.4, 0.5) is 0 Å². The predicted octanol–water partition coefficient (Wildman–Crippen LogP) is 10.1. The van der Waals surface area contributed by atoms with E-state index in [1.165, 1.54) is 53.3 Å². The van der Waals surface area contributed by atoms with Crippen molar-refractivity contribution in [1.82, 2.24) is 4.98 Å². The standard InChI is InChI=1S/C20H18N.C17H28O2.CH4.Ir/c1-13-9-14(2)11-17(10-13)19-12-16-7-3-5-15-6-4-8-18(21-19)20(15)16;1-12-3-7-14(8-4-12)16(18)11-17(19)15-9-5-13(2)6-10-15;;/h4,6,8-10,12H,3,5,7H2,1-2H3;11-15,18H,3-10H2,1-2H3;1H4;/q-1;;;. The van der Waals surface area contributed by atoms with Crippen LogP contribution in [0.15, 0.2) is 48.2 Å². The summed E-state index contributed by atoms with van der Waals surface area (Å²) >= 11 is 0. The van der Waals surface area contributed by atoms with E-state index in [9.17, 15) is 9.90 Å². The number of benzene rings is 2. The van der Waals surface area contributed by atoms with Gasteiger partial charge in [-0.2, -0.15) is 0 Å². The second-order valence-electron chi connectivity index (χ2n) is 13.0. The molecular weight excluding hydrogens is 695 g/mol. The number of carbonyl (C=O) groups is 1. The van der Waals surface area contributed by atoms with Crippen LogP contribution >= 0.6 is 0 Å². The van der Waals surface area contributed by atoms with E-state index < -0.39 is 0 Å². The monoisotopic (exact) mass is 745 g/mol. The van der Waals surface area contributed by atoms with Crippen molar-refractivity contribution in [1.29, 1.82) is 0 Å². The molecule has 2 saturated carbocycles. The Hall–Kier alpha value is -2.29. The molecule has 3 aliphatic carbocycles. The van der Waals surface area contributed by atoms with E-state index in [4.69, 9.17) is 4.98 Å². The molecular formula is C38H50IrNO2-. The fourth-order valence-corrected chi connectivity index (χ4v) is 6.98. The Morgan fingerprint density at radius 1 is 0.881 bits per heavy atom. The van der Waals surface area contributed by atoms with Crippen LogP contribution in [0.3, 0.4) is 0 Å². The van der Waals surface area contributed by atoms with Gasteiger partial charge in [-0.05, 0) is 79.7 Å². The second-order valence-corrected chi connectivity index (χ2v) is 13.0. The molecule has 42 heavy (non-hydrogen) atoms. The van der Waals surface area contributed by atoms with Crippen LogP contribution in [0, 0.1) is 43.6 Å². The summed E-state index contributed by atoms with van der Waals surface area (Å²) in [6.45, 7) is 8.76. The molecule has 4 heteroatoms. The van der Waals surface area contributed by atoms with Gasteiger partial charge in [-0.1, -0.05) is 79.0 Å². The first kappa shape index (κ1) is 34.2. The minimum atomic E-state index is 0. The van der Waals surface area contributed by atoms with Gasteiger partial charge in [-0.15, -0.1) is 34.9 Å². The molecule has 0 saturated heterocycles. The molecule has 1 radical (unpaired) electrons. The van der Waals surface area contributed by atoms with Crippen LogP contribution in [0.5, 0.6) is 0 Å². The molecule has 0 amide bonds. The van der Waals surface area contributed by atoms with E-state index in [0.29, 0.717) is 5.76 Å². The van der Waals surface area contributed by atoms with Crippen LogP contribution in [0.2, 0.25) is 0 Å². The fraction of sp³-hybridized carbons (Fsp3) is 0.526. The molecule has 2 fully saturated rings. The number of pyridine rings is 1. The third-order valence-electron chi connectivity index (χ3n) is 9.46. The summed E-state index contributed by atoms with van der Waals surface area (Å²) in [5, 5.41) is 11.5. The number of carbonyl (C=O) groups excluding carboxylic acids is 1. The van der Waals surface area contributed by atoms with Gasteiger partial charge in [0.15, 0.2) is 5.78 Å². The van der Waals surface area contributed by atoms with Gasteiger partial charge in [0.25, 0.3) is 0 Å². The Morgan fingerprint density at radius 2 is 1.50 bits per heavy atom. The number of rotatable bonds is 4. The third-order valence-corrected chi connectivity index (χ3v) is 9.46. The average Bonchev–Trinajstić information content (AvgIpc) is 2.94. The Morgan fingerprint density at radius 3 is 2.14 bits per heavy atom. The number of hydrogen-bond acceptors (Lipinski definition) is 3. The van der Waals surface area contributed by atoms with E-state index in [1.807, 2.05) is 0 Å². The minimum absolute atomic E-state index is 0. The number of ketones is 1. The van der Waals surface area contributed by atoms with Crippen molar-refractivity contribution in [3.05, 3.63) is 76.6 Å². The van der Waals surface area contributed by atoms with Crippen molar-refractivity contribution in [3.63, 3.8) is 0 Å². The number of aliphatic hydroxyl groups excluding tert-OH is 1. The molecule has 3 aliphatic rings. The summed E-state index contributed by atoms with van der Waals surface area (Å²) in [6, 6.07) is 16.6. The summed E-state index contributed by atoms with van der Waals surface area (Å²) in [5.41, 5.74) is 8.65. The molecule has 3 aromatic rings. The van der Waals surface area contributed by atoms with Crippen molar-refractivity contribution < 1.29 is 30.0 Å². The van der Waals surface area contributed by atoms with Crippen LogP contribution in [0.25, 0.3) is 22.2 Å². The zero-order valence-electron chi connectivity index (χ0n) is 25.3. The summed E-state index contributed by atoms with van der Waals surface area (Å²) in [5.74, 6) is 2.48. The second kappa shape index (κ2) is 15.4. The van der Waals surface area contributed by atoms with Gasteiger partial charge in [-0.25, -0.2) is 0 Å². The molecule has 0 aliphatic heterocycles. The van der Waals surface area contributed by atoms with Gasteiger partial charge in [0.05, 0.1) is 11.3 Å². The Balaban J connectivity index is 0.000000221. The van der Waals surface area contributed by atoms with Crippen LogP contribution in [0.1, 0.15) is 101 Å². The van der Waals surface area contributed by atoms with Crippen molar-refractivity contribution >= 4 is 16.7 Å². The molecule has 0 atom stereocenters. The van der Waals surface area contributed by atoms with Gasteiger partial charge in [0, 0.05) is 43.4 Å². The Bertz CT molecular complexity index is 1360. The zero-order chi connectivity index (χ0) is 28.2. The number of aryl methyl sites for hydroxylation is 4. The molecule has 0 bridgehead atoms. The summed E-state index contributed by atoms with van der Waals surface area (Å²) < 4.78 is 0. The van der Waals surface area contributed by atoms with Gasteiger partial charge in [0.1, 0.15) is 0 Å². The molecule has 1 heterocycles. The van der Waals surface area contributed by atoms with E-state index >= 15 is 0 Å². The molecule has 2 aromatic carbocycles. The quantitative estimate of drug-likeness (QED) is 0.164. The predicted molar refractivity (Wildman–Crippen MR) is 172 cm³/mol. The number of aromatic nitrogens is 1. The fourth-order valence-electron chi connectivity index (χ4n) is 6.98. The van der Waals surface area contributed by atoms with Crippen molar-refractivity contribution in [2.24, 2.45) is 23.7 Å². The first-order valence-electron chi connectivity index (χ1n) is 15.6. The average molecular weight is 745 g/mol. The minimum Gasteiger partial charge on any atom is -0.512 e. The number of aliphatic hydroxyl groups is 1. The SMILES string of the molecule is C.CC1CCC(C(=O)C=C(O)C2CCC(C)CC2)CC1.Cc1[c-]c(-c2cc3c4c(cccc4n2)CCC3)cc(C)c1.[Ir]. The molecule has 1 aromatic heterocycles. The first-order valence-corrected chi connectivity index (χ1v) is 15.6. The van der Waals surface area contributed by atoms with Crippen LogP contribution < -0.4 is 0 Å². The zero-order valence-corrected chi connectivity index (χ0v) is 27.7. The molecule has 229 valence electrons. The Labute approximate surface area is 268 Å². The topological polar surface area (TPSA) is 50.2 Å². The van der Waals surface area contributed by atoms with Crippen LogP contribution in [-0.4, -0.2) is 15.9 Å². The number of hydrogen-bond donors (Lipinski definition) is 1. The smallest absolute Gasteiger partial charge is 0.162 e. The van der Waals surface area contributed by atoms with Gasteiger partial charge in [0.2, 0.25) is 0 Å². The van der Waals surface area contributed by atoms with Gasteiger partial charge in [-0.3, -0.25) is 9.78 Å². The Kier molecular flexibility index (Phi) is 12.6. The molecule has 6 rings (SSSR count).